The normalized spacial score (nSPS) is 13.2. The first kappa shape index (κ1) is 12.4. The molecule has 0 fully saturated rings. The molecule has 0 aromatic heterocycles. The van der Waals surface area contributed by atoms with Gasteiger partial charge in [-0.1, -0.05) is 0 Å². The molecule has 0 atom stereocenters. The van der Waals surface area contributed by atoms with Gasteiger partial charge in [-0.2, -0.15) is 0 Å². The highest BCUT2D eigenvalue weighted by molar-refractivity contribution is 4.89. The minimum atomic E-state index is -0.380. The molecule has 0 heterocycles. The quantitative estimate of drug-likeness (QED) is 0.515. The van der Waals surface area contributed by atoms with Crippen molar-refractivity contribution in [1.82, 2.24) is 10.2 Å². The molecule has 0 aromatic rings. The van der Waals surface area contributed by atoms with Crippen LogP contribution in [0, 0.1) is 0 Å². The molecule has 0 bridgehead atoms. The second kappa shape index (κ2) is 5.21. The van der Waals surface area contributed by atoms with Gasteiger partial charge in [0.25, 0.3) is 0 Å². The fourth-order valence-corrected chi connectivity index (χ4v) is 0.646. The highest BCUT2D eigenvalue weighted by Crippen LogP contribution is 2.07. The van der Waals surface area contributed by atoms with Gasteiger partial charge < -0.3 is 21.7 Å². The van der Waals surface area contributed by atoms with Crippen LogP contribution >= 0.6 is 0 Å². The van der Waals surface area contributed by atoms with E-state index >= 15 is 0 Å². The zero-order chi connectivity index (χ0) is 10.5. The predicted molar refractivity (Wildman–Crippen MR) is 57.1 cm³/mol. The molecular formula is C9H22N4. The van der Waals surface area contributed by atoms with E-state index in [0.29, 0.717) is 0 Å². The second-order valence-corrected chi connectivity index (χ2v) is 4.02. The van der Waals surface area contributed by atoms with Gasteiger partial charge in [-0.3, -0.25) is 0 Å². The first-order valence-electron chi connectivity index (χ1n) is 4.45. The van der Waals surface area contributed by atoms with E-state index in [9.17, 15) is 0 Å². The molecule has 0 aliphatic carbocycles. The zero-order valence-electron chi connectivity index (χ0n) is 9.04. The molecule has 0 aromatic carbocycles. The van der Waals surface area contributed by atoms with Crippen molar-refractivity contribution >= 4 is 0 Å². The predicted octanol–water partition coefficient (Wildman–Crippen LogP) is -0.327. The lowest BCUT2D eigenvalue weighted by atomic mass is 10.1. The van der Waals surface area contributed by atoms with Crippen LogP contribution in [0.2, 0.25) is 0 Å². The van der Waals surface area contributed by atoms with Crippen LogP contribution in [-0.2, 0) is 0 Å². The summed E-state index contributed by atoms with van der Waals surface area (Å²) in [6.45, 7) is 5.19. The van der Waals surface area contributed by atoms with E-state index in [4.69, 9.17) is 11.5 Å². The van der Waals surface area contributed by atoms with Crippen LogP contribution in [-0.4, -0.2) is 37.2 Å². The summed E-state index contributed by atoms with van der Waals surface area (Å²) in [6.07, 6.45) is 3.15. The van der Waals surface area contributed by atoms with Gasteiger partial charge in [-0.15, -0.1) is 0 Å². The number of nitrogens with zero attached hydrogens (tertiary/aromatic N) is 1. The Labute approximate surface area is 81.0 Å². The third-order valence-corrected chi connectivity index (χ3v) is 2.18. The molecular weight excluding hydrogens is 164 g/mol. The van der Waals surface area contributed by atoms with E-state index in [-0.39, 0.29) is 11.7 Å². The number of nitrogens with two attached hydrogens (primary N) is 2. The lowest BCUT2D eigenvalue weighted by Gasteiger charge is -2.32. The van der Waals surface area contributed by atoms with E-state index in [0.717, 1.165) is 6.54 Å². The van der Waals surface area contributed by atoms with Crippen molar-refractivity contribution in [2.45, 2.75) is 25.6 Å². The number of likely N-dealkylation sites (N-methyl/N-ethyl adjacent to an activating group) is 1. The molecule has 0 rings (SSSR count). The number of hydrogen-bond acceptors (Lipinski definition) is 4. The highest BCUT2D eigenvalue weighted by atomic mass is 15.2. The van der Waals surface area contributed by atoms with Crippen molar-refractivity contribution in [1.29, 1.82) is 0 Å². The molecule has 4 heteroatoms. The Morgan fingerprint density at radius 2 is 1.92 bits per heavy atom. The Balaban J connectivity index is 3.76. The molecule has 0 radical (unpaired) electrons. The van der Waals surface area contributed by atoms with Crippen molar-refractivity contribution < 1.29 is 0 Å². The van der Waals surface area contributed by atoms with Gasteiger partial charge in [0.2, 0.25) is 0 Å². The highest BCUT2D eigenvalue weighted by Gasteiger charge is 2.18. The smallest absolute Gasteiger partial charge is 0.0730 e. The third kappa shape index (κ3) is 5.63. The van der Waals surface area contributed by atoms with Crippen LogP contribution in [0.15, 0.2) is 12.3 Å². The topological polar surface area (TPSA) is 67.3 Å². The van der Waals surface area contributed by atoms with E-state index in [1.807, 2.05) is 0 Å². The van der Waals surface area contributed by atoms with Gasteiger partial charge in [0, 0.05) is 12.1 Å². The SMILES string of the molecule is CN(C)C(C)(C)CN/C=C\C(N)N. The van der Waals surface area contributed by atoms with Crippen LogP contribution in [0.4, 0.5) is 0 Å². The summed E-state index contributed by atoms with van der Waals surface area (Å²) in [5.41, 5.74) is 10.8. The maximum Gasteiger partial charge on any atom is 0.0730 e. The molecule has 78 valence electrons. The van der Waals surface area contributed by atoms with Crippen molar-refractivity contribution in [2.75, 3.05) is 20.6 Å². The van der Waals surface area contributed by atoms with E-state index < -0.39 is 0 Å². The molecule has 0 unspecified atom stereocenters. The summed E-state index contributed by atoms with van der Waals surface area (Å²) in [4.78, 5) is 2.16. The number of hydrogen-bond donors (Lipinski definition) is 3. The first-order chi connectivity index (χ1) is 5.86. The van der Waals surface area contributed by atoms with Gasteiger partial charge in [0.1, 0.15) is 0 Å². The fraction of sp³-hybridized carbons (Fsp3) is 0.778. The molecule has 0 saturated heterocycles. The maximum atomic E-state index is 5.34. The van der Waals surface area contributed by atoms with Crippen molar-refractivity contribution in [2.24, 2.45) is 11.5 Å². The Bertz CT molecular complexity index is 161. The first-order valence-corrected chi connectivity index (χ1v) is 4.45. The molecule has 0 amide bonds. The Kier molecular flexibility index (Phi) is 4.98. The van der Waals surface area contributed by atoms with Gasteiger partial charge in [0.05, 0.1) is 6.17 Å². The van der Waals surface area contributed by atoms with Gasteiger partial charge in [-0.25, -0.2) is 0 Å². The molecule has 5 N–H and O–H groups in total. The van der Waals surface area contributed by atoms with Gasteiger partial charge in [-0.05, 0) is 40.2 Å². The molecule has 13 heavy (non-hydrogen) atoms. The summed E-state index contributed by atoms with van der Waals surface area (Å²) in [6, 6.07) is 0. The lowest BCUT2D eigenvalue weighted by molar-refractivity contribution is 0.196. The Morgan fingerprint density at radius 3 is 2.31 bits per heavy atom. The van der Waals surface area contributed by atoms with Crippen molar-refractivity contribution in [3.8, 4) is 0 Å². The van der Waals surface area contributed by atoms with Crippen LogP contribution < -0.4 is 16.8 Å². The molecule has 0 aliphatic rings. The van der Waals surface area contributed by atoms with Crippen LogP contribution in [0.1, 0.15) is 13.8 Å². The van der Waals surface area contributed by atoms with E-state index in [2.05, 4.69) is 38.2 Å². The maximum absolute atomic E-state index is 5.34. The zero-order valence-corrected chi connectivity index (χ0v) is 9.04. The fourth-order valence-electron chi connectivity index (χ4n) is 0.646. The van der Waals surface area contributed by atoms with Crippen LogP contribution in [0.5, 0.6) is 0 Å². The largest absolute Gasteiger partial charge is 0.389 e. The van der Waals surface area contributed by atoms with E-state index in [1.165, 1.54) is 0 Å². The molecule has 4 nitrogen and oxygen atoms in total. The minimum absolute atomic E-state index is 0.128. The van der Waals surface area contributed by atoms with Crippen molar-refractivity contribution in [3.63, 3.8) is 0 Å². The lowest BCUT2D eigenvalue weighted by Crippen LogP contribution is -2.45. The Morgan fingerprint density at radius 1 is 1.38 bits per heavy atom. The van der Waals surface area contributed by atoms with Gasteiger partial charge in [0.15, 0.2) is 0 Å². The molecule has 0 aliphatic heterocycles. The summed E-state index contributed by atoms with van der Waals surface area (Å²) in [7, 11) is 4.11. The van der Waals surface area contributed by atoms with Crippen LogP contribution in [0.3, 0.4) is 0 Å². The average molecular weight is 186 g/mol. The second-order valence-electron chi connectivity index (χ2n) is 4.02. The standard InChI is InChI=1S/C9H22N4/c1-9(2,13(3)4)7-12-6-5-8(10)11/h5-6,8,12H,7,10-11H2,1-4H3/b6-5-. The molecule has 0 saturated carbocycles. The number of rotatable bonds is 5. The molecule has 0 spiro atoms. The Hall–Kier alpha value is -0.580. The average Bonchev–Trinajstić information content (AvgIpc) is 1.97. The van der Waals surface area contributed by atoms with Crippen LogP contribution in [0.25, 0.3) is 0 Å². The summed E-state index contributed by atoms with van der Waals surface area (Å²) in [5.74, 6) is 0. The monoisotopic (exact) mass is 186 g/mol. The summed E-state index contributed by atoms with van der Waals surface area (Å²) >= 11 is 0. The minimum Gasteiger partial charge on any atom is -0.389 e. The van der Waals surface area contributed by atoms with E-state index in [1.54, 1.807) is 12.3 Å². The van der Waals surface area contributed by atoms with Gasteiger partial charge >= 0.3 is 0 Å². The third-order valence-electron chi connectivity index (χ3n) is 2.18. The summed E-state index contributed by atoms with van der Waals surface area (Å²) in [5, 5.41) is 3.16. The summed E-state index contributed by atoms with van der Waals surface area (Å²) < 4.78 is 0. The number of nitrogens with one attached hydrogen (secondary N) is 1. The van der Waals surface area contributed by atoms with Crippen molar-refractivity contribution in [3.05, 3.63) is 12.3 Å².